The number of ether oxygens (including phenoxy) is 4. The molecule has 2 unspecified atom stereocenters. The van der Waals surface area contributed by atoms with Crippen LogP contribution in [0.5, 0.6) is 12.0 Å². The first-order valence-corrected chi connectivity index (χ1v) is 42.5. The van der Waals surface area contributed by atoms with Crippen molar-refractivity contribution in [3.8, 4) is 24.2 Å². The summed E-state index contributed by atoms with van der Waals surface area (Å²) < 4.78 is 115. The van der Waals surface area contributed by atoms with Crippen LogP contribution in [-0.4, -0.2) is 194 Å². The highest BCUT2D eigenvalue weighted by Crippen LogP contribution is 2.46. The molecule has 0 spiro atoms. The summed E-state index contributed by atoms with van der Waals surface area (Å²) in [6.07, 6.45) is 2.74. The highest BCUT2D eigenvalue weighted by Gasteiger charge is 2.42. The van der Waals surface area contributed by atoms with Crippen molar-refractivity contribution >= 4 is 93.9 Å². The molecule has 10 heterocycles. The fourth-order valence-corrected chi connectivity index (χ4v) is 16.0. The molecule has 0 radical (unpaired) electrons. The van der Waals surface area contributed by atoms with Gasteiger partial charge in [-0.1, -0.05) is 45.9 Å². The number of hydrogen-bond donors (Lipinski definition) is 0. The number of amides is 1. The van der Waals surface area contributed by atoms with Crippen LogP contribution in [0.2, 0.25) is 51.4 Å². The third kappa shape index (κ3) is 19.0. The van der Waals surface area contributed by atoms with Crippen LogP contribution in [0.15, 0.2) is 49.3 Å². The van der Waals surface area contributed by atoms with Gasteiger partial charge in [0.1, 0.15) is 38.3 Å². The molecule has 0 saturated carbocycles. The molecule has 0 aliphatic carbocycles. The van der Waals surface area contributed by atoms with E-state index in [9.17, 15) is 41.7 Å². The maximum atomic E-state index is 14.7. The number of carbonyl (C=O) groups is 1. The summed E-state index contributed by atoms with van der Waals surface area (Å²) in [5, 5.41) is 28.7. The van der Waals surface area contributed by atoms with Crippen molar-refractivity contribution in [1.82, 2.24) is 54.2 Å². The second-order valence-electron chi connectivity index (χ2n) is 29.8. The molecule has 32 heteroatoms. The number of likely N-dealkylation sites (tertiary alicyclic amines) is 2. The number of benzene rings is 2. The number of likely N-dealkylation sites (N-methyl/N-ethyl adjacent to an activating group) is 2. The van der Waals surface area contributed by atoms with Crippen LogP contribution in [0, 0.1) is 28.6 Å². The van der Waals surface area contributed by atoms with Gasteiger partial charge in [-0.15, -0.1) is 0 Å². The quantitative estimate of drug-likeness (QED) is 0.0252. The molecule has 6 aromatic rings. The molecule has 6 aliphatic heterocycles. The third-order valence-corrected chi connectivity index (χ3v) is 23.6. The first-order valence-electron chi connectivity index (χ1n) is 35.1. The maximum Gasteiger partial charge on any atom is 0.418 e. The molecule has 4 fully saturated rings. The molecule has 2 aromatic carbocycles. The van der Waals surface area contributed by atoms with Crippen LogP contribution < -0.4 is 29.1 Å². The maximum absolute atomic E-state index is 14.7. The van der Waals surface area contributed by atoms with Crippen molar-refractivity contribution in [3.63, 3.8) is 0 Å². The van der Waals surface area contributed by atoms with Gasteiger partial charge in [-0.05, 0) is 127 Å². The number of aromatic nitrogens is 8. The number of nitrogens with zero attached hydrogens (tertiary/aromatic N) is 17. The number of piperidine rings is 1. The number of rotatable bonds is 23. The van der Waals surface area contributed by atoms with Crippen molar-refractivity contribution in [1.29, 1.82) is 10.5 Å². The number of piperazine rings is 1. The number of fused-ring (bicyclic) bond motifs is 4. The Morgan fingerprint density at radius 3 is 1.48 bits per heavy atom. The Labute approximate surface area is 610 Å². The van der Waals surface area contributed by atoms with E-state index in [-0.39, 0.29) is 120 Å². The summed E-state index contributed by atoms with van der Waals surface area (Å²) in [7, 11) is 1.53. The number of anilines is 4. The minimum absolute atomic E-state index is 0. The lowest BCUT2D eigenvalue weighted by atomic mass is 9.94. The molecule has 556 valence electrons. The lowest BCUT2D eigenvalue weighted by molar-refractivity contribution is -0.137. The smallest absolute Gasteiger partial charge is 0.418 e. The van der Waals surface area contributed by atoms with Crippen molar-refractivity contribution < 1.29 is 50.1 Å². The van der Waals surface area contributed by atoms with Gasteiger partial charge in [0.2, 0.25) is 5.91 Å². The second-order valence-corrected chi connectivity index (χ2v) is 41.1. The van der Waals surface area contributed by atoms with Crippen LogP contribution in [0.4, 0.5) is 49.4 Å². The Kier molecular flexibility index (Phi) is 26.3. The lowest BCUT2D eigenvalue weighted by Crippen LogP contribution is -2.55. The van der Waals surface area contributed by atoms with Crippen LogP contribution in [0.1, 0.15) is 85.0 Å². The number of alkyl halides is 6. The van der Waals surface area contributed by atoms with Crippen molar-refractivity contribution in [3.05, 3.63) is 83.0 Å². The standard InChI is InChI=1S/C36H48F3N9O3Si.C34H47F3N8O2Si.2H2S/c1-6-32(49)47-17-16-46(21-25(47)11-13-40)34-27-12-15-45(22-30(27)42-35(43-34)51-23-26-8-7-14-44(26)2)33-28-20-41-48(24-50-18-19-52(3,4)5)31(28)10-9-29(33)36(37,38)39;1-42-14-6-8-25(42)22-47-33-40-29-21-43(16-12-26(29)32(41-33)44-15-5-7-24(20-44)11-13-38)31-27-19-39-45(23-46-17-18-48(2,3)4)30(27)10-9-28(31)34(35,36)37;;/h6,9-10,20,25-26H,1,7-8,11-12,14-19,21-24H2,2-5H3;9-10,19,24-25H,5-8,11-12,14-18,20-23H2,1-4H3;2*1H2/t25?,26-;24?,25-;;/m00../s1. The Bertz CT molecular complexity index is 3970. The molecule has 12 rings (SSSR count). The van der Waals surface area contributed by atoms with E-state index < -0.39 is 39.6 Å². The summed E-state index contributed by atoms with van der Waals surface area (Å²) in [4.78, 5) is 46.0. The predicted octanol–water partition coefficient (Wildman–Crippen LogP) is 11.9. The van der Waals surface area contributed by atoms with Gasteiger partial charge in [0.05, 0.1) is 95.0 Å². The summed E-state index contributed by atoms with van der Waals surface area (Å²) in [5.74, 6) is 1.43. The van der Waals surface area contributed by atoms with E-state index in [1.54, 1.807) is 24.1 Å². The van der Waals surface area contributed by atoms with E-state index in [0.717, 1.165) is 99.3 Å². The van der Waals surface area contributed by atoms with E-state index in [1.165, 1.54) is 30.6 Å². The summed E-state index contributed by atoms with van der Waals surface area (Å²) in [6.45, 7) is 25.2. The zero-order valence-electron chi connectivity index (χ0n) is 60.0. The third-order valence-electron chi connectivity index (χ3n) is 20.2. The van der Waals surface area contributed by atoms with Crippen LogP contribution >= 0.6 is 27.0 Å². The highest BCUT2D eigenvalue weighted by atomic mass is 32.1. The zero-order chi connectivity index (χ0) is 71.3. The molecular weight excluding hydrogens is 1390 g/mol. The monoisotopic (exact) mass is 1490 g/mol. The van der Waals surface area contributed by atoms with Crippen molar-refractivity contribution in [2.45, 2.75) is 173 Å². The Morgan fingerprint density at radius 1 is 0.598 bits per heavy atom. The summed E-state index contributed by atoms with van der Waals surface area (Å²) in [6, 6.07) is 12.2. The Morgan fingerprint density at radius 2 is 1.06 bits per heavy atom. The minimum atomic E-state index is -4.60. The second kappa shape index (κ2) is 33.9. The van der Waals surface area contributed by atoms with Crippen LogP contribution in [0.3, 0.4) is 0 Å². The summed E-state index contributed by atoms with van der Waals surface area (Å²) >= 11 is 0. The van der Waals surface area contributed by atoms with Crippen molar-refractivity contribution in [2.24, 2.45) is 5.92 Å². The Balaban J connectivity index is 0.000000233. The zero-order valence-corrected chi connectivity index (χ0v) is 64.0. The van der Waals surface area contributed by atoms with E-state index >= 15 is 0 Å². The van der Waals surface area contributed by atoms with E-state index in [4.69, 9.17) is 38.9 Å². The van der Waals surface area contributed by atoms with E-state index in [0.29, 0.717) is 117 Å². The van der Waals surface area contributed by atoms with Gasteiger partial charge >= 0.3 is 24.4 Å². The van der Waals surface area contributed by atoms with Gasteiger partial charge in [-0.25, -0.2) is 9.36 Å². The normalized spacial score (nSPS) is 19.9. The fourth-order valence-electron chi connectivity index (χ4n) is 14.5. The first-order chi connectivity index (χ1) is 47.7. The lowest BCUT2D eigenvalue weighted by Gasteiger charge is -2.42. The molecular formula is C70H99F6N17O5S2Si2. The fraction of sp³-hybridized carbons (Fsp3) is 0.614. The molecule has 0 N–H and O–H groups in total. The highest BCUT2D eigenvalue weighted by molar-refractivity contribution is 7.59. The molecule has 6 aliphatic rings. The number of carbonyl (C=O) groups excluding carboxylic acids is 1. The largest absolute Gasteiger partial charge is 0.462 e. The Hall–Kier alpha value is -6.92. The van der Waals surface area contributed by atoms with E-state index in [2.05, 4.69) is 97.0 Å². The topological polar surface area (TPSA) is 211 Å². The van der Waals surface area contributed by atoms with Gasteiger partial charge in [-0.2, -0.15) is 94.0 Å². The number of hydrogen-bond acceptors (Lipinski definition) is 19. The average molecular weight is 1490 g/mol. The minimum Gasteiger partial charge on any atom is -0.462 e. The average Bonchev–Trinajstić information content (AvgIpc) is 1.43. The van der Waals surface area contributed by atoms with Crippen molar-refractivity contribution in [2.75, 3.05) is 119 Å². The van der Waals surface area contributed by atoms with Gasteiger partial charge in [0, 0.05) is 116 Å². The number of nitriles is 2. The first kappa shape index (κ1) is 79.2. The van der Waals surface area contributed by atoms with Gasteiger partial charge in [-0.3, -0.25) is 4.79 Å². The predicted molar refractivity (Wildman–Crippen MR) is 398 cm³/mol. The molecule has 4 atom stereocenters. The van der Waals surface area contributed by atoms with Crippen LogP contribution in [-0.2, 0) is 66.0 Å². The van der Waals surface area contributed by atoms with Gasteiger partial charge in [0.15, 0.2) is 0 Å². The molecule has 4 saturated heterocycles. The van der Waals surface area contributed by atoms with Gasteiger partial charge < -0.3 is 53.2 Å². The molecule has 102 heavy (non-hydrogen) atoms. The summed E-state index contributed by atoms with van der Waals surface area (Å²) in [5.41, 5.74) is 2.94. The SMILES string of the molecule is C=CC(=O)N1CCN(c2nc(OC[C@@H]3CCCN3C)nc3c2CCN(c2c(C(F)(F)F)ccc4c2cnn4COCC[Si](C)(C)C)C3)CC1CC#N.CN1CCC[C@H]1COc1nc2c(c(N3CCCC(CC#N)C3)n1)CCN(c1c(C(F)(F)F)ccc3c1cnn3COCC[Si](C)(C)C)C2.S.S. The van der Waals surface area contributed by atoms with E-state index in [1.807, 2.05) is 4.90 Å². The number of halogens is 6. The van der Waals surface area contributed by atoms with Crippen LogP contribution in [0.25, 0.3) is 21.8 Å². The van der Waals surface area contributed by atoms with Gasteiger partial charge in [0.25, 0.3) is 0 Å². The molecule has 1 amide bonds. The molecule has 4 aromatic heterocycles. The molecule has 0 bridgehead atoms. The molecule has 22 nitrogen and oxygen atoms in total.